The molecule has 3 aromatic rings. The SMILES string of the molecule is Cc1cc(Nc2cc(N3CCNCC3)n[nH]2)nc(Sc2ccc(NC(=O)NC3CCCC3)cc2C)n1. The van der Waals surface area contributed by atoms with Gasteiger partial charge in [0.2, 0.25) is 0 Å². The zero-order chi connectivity index (χ0) is 24.9. The number of H-pyrrole nitrogens is 1. The average Bonchev–Trinajstić information content (AvgIpc) is 3.53. The number of aromatic nitrogens is 4. The van der Waals surface area contributed by atoms with Crippen molar-refractivity contribution in [3.63, 3.8) is 0 Å². The number of nitrogens with one attached hydrogen (secondary N) is 5. The zero-order valence-corrected chi connectivity index (χ0v) is 21.5. The quantitative estimate of drug-likeness (QED) is 0.302. The van der Waals surface area contributed by atoms with Crippen LogP contribution in [0.3, 0.4) is 0 Å². The Labute approximate surface area is 215 Å². The van der Waals surface area contributed by atoms with Crippen LogP contribution in [0.25, 0.3) is 0 Å². The van der Waals surface area contributed by atoms with E-state index >= 15 is 0 Å². The number of nitrogens with zero attached hydrogens (tertiary/aromatic N) is 4. The lowest BCUT2D eigenvalue weighted by atomic mass is 10.2. The van der Waals surface area contributed by atoms with Gasteiger partial charge >= 0.3 is 6.03 Å². The van der Waals surface area contributed by atoms with Crippen LogP contribution < -0.4 is 26.2 Å². The van der Waals surface area contributed by atoms with Crippen LogP contribution in [0.4, 0.5) is 27.9 Å². The van der Waals surface area contributed by atoms with Crippen LogP contribution in [0.1, 0.15) is 36.9 Å². The van der Waals surface area contributed by atoms with Gasteiger partial charge in [-0.3, -0.25) is 5.10 Å². The summed E-state index contributed by atoms with van der Waals surface area (Å²) in [5.74, 6) is 2.43. The van der Waals surface area contributed by atoms with Gasteiger partial charge in [0.05, 0.1) is 0 Å². The van der Waals surface area contributed by atoms with Gasteiger partial charge in [-0.1, -0.05) is 12.8 Å². The Morgan fingerprint density at radius 3 is 2.67 bits per heavy atom. The third kappa shape index (κ3) is 6.27. The number of rotatable bonds is 7. The molecule has 3 heterocycles. The summed E-state index contributed by atoms with van der Waals surface area (Å²) in [6, 6.07) is 9.97. The summed E-state index contributed by atoms with van der Waals surface area (Å²) in [7, 11) is 0. The Morgan fingerprint density at radius 1 is 1.08 bits per heavy atom. The summed E-state index contributed by atoms with van der Waals surface area (Å²) < 4.78 is 0. The smallest absolute Gasteiger partial charge is 0.319 e. The molecule has 5 rings (SSSR count). The minimum atomic E-state index is -0.140. The third-order valence-corrected chi connectivity index (χ3v) is 7.47. The molecule has 1 saturated carbocycles. The number of aromatic amines is 1. The Balaban J connectivity index is 1.22. The van der Waals surface area contributed by atoms with Crippen molar-refractivity contribution >= 4 is 40.9 Å². The second-order valence-corrected chi connectivity index (χ2v) is 10.4. The Hall–Kier alpha value is -3.31. The highest BCUT2D eigenvalue weighted by molar-refractivity contribution is 7.99. The van der Waals surface area contributed by atoms with E-state index in [0.717, 1.165) is 72.5 Å². The molecule has 2 aromatic heterocycles. The van der Waals surface area contributed by atoms with Crippen LogP contribution >= 0.6 is 11.8 Å². The van der Waals surface area contributed by atoms with E-state index in [1.165, 1.54) is 24.6 Å². The molecule has 0 bridgehead atoms. The molecule has 10 nitrogen and oxygen atoms in total. The van der Waals surface area contributed by atoms with Crippen LogP contribution in [0.5, 0.6) is 0 Å². The second kappa shape index (κ2) is 11.2. The lowest BCUT2D eigenvalue weighted by Crippen LogP contribution is -2.43. The molecular formula is C25H33N9OS. The third-order valence-electron chi connectivity index (χ3n) is 6.43. The van der Waals surface area contributed by atoms with Crippen molar-refractivity contribution in [1.29, 1.82) is 0 Å². The van der Waals surface area contributed by atoms with Crippen LogP contribution in [0.2, 0.25) is 0 Å². The molecule has 1 aliphatic carbocycles. The largest absolute Gasteiger partial charge is 0.353 e. The standard InChI is InChI=1S/C25H33N9OS/c1-16-13-19(29-24(35)28-18-5-3-4-6-18)7-8-20(16)36-25-27-17(2)14-21(31-25)30-22-15-23(33-32-22)34-11-9-26-10-12-34/h7-8,13-15,18,26H,3-6,9-12H2,1-2H3,(H2,28,29,35)(H2,27,30,31,32,33). The van der Waals surface area contributed by atoms with Crippen LogP contribution in [-0.4, -0.2) is 58.4 Å². The molecule has 2 aliphatic rings. The van der Waals surface area contributed by atoms with E-state index in [0.29, 0.717) is 11.0 Å². The van der Waals surface area contributed by atoms with E-state index in [4.69, 9.17) is 4.98 Å². The predicted molar refractivity (Wildman–Crippen MR) is 143 cm³/mol. The number of anilines is 4. The molecule has 0 atom stereocenters. The fraction of sp³-hybridized carbons (Fsp3) is 0.440. The van der Waals surface area contributed by atoms with Gasteiger partial charge in [-0.05, 0) is 62.2 Å². The highest BCUT2D eigenvalue weighted by Gasteiger charge is 2.17. The van der Waals surface area contributed by atoms with Gasteiger partial charge in [-0.25, -0.2) is 14.8 Å². The topological polar surface area (TPSA) is 123 Å². The number of carbonyl (C=O) groups is 1. The van der Waals surface area contributed by atoms with Crippen molar-refractivity contribution in [3.05, 3.63) is 41.6 Å². The maximum atomic E-state index is 12.3. The fourth-order valence-corrected chi connectivity index (χ4v) is 5.47. The van der Waals surface area contributed by atoms with Gasteiger partial charge in [0, 0.05) is 60.6 Å². The predicted octanol–water partition coefficient (Wildman–Crippen LogP) is 4.19. The molecule has 1 saturated heterocycles. The summed E-state index contributed by atoms with van der Waals surface area (Å²) in [5.41, 5.74) is 2.70. The molecule has 190 valence electrons. The number of hydrogen-bond acceptors (Lipinski definition) is 8. The number of benzene rings is 1. The molecule has 5 N–H and O–H groups in total. The lowest BCUT2D eigenvalue weighted by Gasteiger charge is -2.26. The molecule has 1 aliphatic heterocycles. The molecule has 36 heavy (non-hydrogen) atoms. The van der Waals surface area contributed by atoms with Crippen molar-refractivity contribution in [3.8, 4) is 0 Å². The van der Waals surface area contributed by atoms with Crippen LogP contribution in [0.15, 0.2) is 40.4 Å². The monoisotopic (exact) mass is 507 g/mol. The number of urea groups is 1. The average molecular weight is 508 g/mol. The van der Waals surface area contributed by atoms with E-state index in [2.05, 4.69) is 41.3 Å². The minimum Gasteiger partial charge on any atom is -0.353 e. The molecule has 0 unspecified atom stereocenters. The zero-order valence-electron chi connectivity index (χ0n) is 20.7. The second-order valence-electron chi connectivity index (χ2n) is 9.34. The Morgan fingerprint density at radius 2 is 1.89 bits per heavy atom. The van der Waals surface area contributed by atoms with Crippen molar-refractivity contribution in [1.82, 2.24) is 30.8 Å². The minimum absolute atomic E-state index is 0.140. The van der Waals surface area contributed by atoms with Gasteiger partial charge in [0.1, 0.15) is 11.6 Å². The number of amides is 2. The fourth-order valence-electron chi connectivity index (χ4n) is 4.58. The van der Waals surface area contributed by atoms with Crippen molar-refractivity contribution < 1.29 is 4.79 Å². The lowest BCUT2D eigenvalue weighted by molar-refractivity contribution is 0.248. The number of aryl methyl sites for hydroxylation is 2. The van der Waals surface area contributed by atoms with Gasteiger partial charge in [-0.15, -0.1) is 0 Å². The van der Waals surface area contributed by atoms with Crippen molar-refractivity contribution in [2.75, 3.05) is 41.7 Å². The summed E-state index contributed by atoms with van der Waals surface area (Å²) in [5, 5.41) is 20.9. The molecule has 11 heteroatoms. The van der Waals surface area contributed by atoms with Crippen molar-refractivity contribution in [2.24, 2.45) is 0 Å². The summed E-state index contributed by atoms with van der Waals surface area (Å²) >= 11 is 1.50. The molecule has 2 fully saturated rings. The van der Waals surface area contributed by atoms with Gasteiger partial charge in [-0.2, -0.15) is 5.10 Å². The normalized spacial score (nSPS) is 16.2. The molecule has 0 spiro atoms. The first-order valence-corrected chi connectivity index (χ1v) is 13.3. The van der Waals surface area contributed by atoms with E-state index in [1.807, 2.05) is 44.2 Å². The molecule has 2 amide bonds. The first kappa shape index (κ1) is 24.4. The van der Waals surface area contributed by atoms with E-state index in [9.17, 15) is 4.79 Å². The molecular weight excluding hydrogens is 474 g/mol. The van der Waals surface area contributed by atoms with Crippen LogP contribution in [-0.2, 0) is 0 Å². The highest BCUT2D eigenvalue weighted by atomic mass is 32.2. The molecule has 1 aromatic carbocycles. The summed E-state index contributed by atoms with van der Waals surface area (Å²) in [6.45, 7) is 7.79. The first-order valence-electron chi connectivity index (χ1n) is 12.5. The number of piperazine rings is 1. The highest BCUT2D eigenvalue weighted by Crippen LogP contribution is 2.31. The number of hydrogen-bond donors (Lipinski definition) is 5. The summed E-state index contributed by atoms with van der Waals surface area (Å²) in [6.07, 6.45) is 4.50. The van der Waals surface area contributed by atoms with E-state index < -0.39 is 0 Å². The maximum Gasteiger partial charge on any atom is 0.319 e. The Kier molecular flexibility index (Phi) is 7.57. The van der Waals surface area contributed by atoms with Gasteiger partial charge in [0.25, 0.3) is 0 Å². The Bertz CT molecular complexity index is 1200. The first-order chi connectivity index (χ1) is 17.5. The van der Waals surface area contributed by atoms with Crippen LogP contribution in [0, 0.1) is 13.8 Å². The van der Waals surface area contributed by atoms with Crippen molar-refractivity contribution in [2.45, 2.75) is 55.6 Å². The maximum absolute atomic E-state index is 12.3. The van der Waals surface area contributed by atoms with E-state index in [1.54, 1.807) is 0 Å². The van der Waals surface area contributed by atoms with E-state index in [-0.39, 0.29) is 12.1 Å². The van der Waals surface area contributed by atoms with Gasteiger partial charge in [0.15, 0.2) is 11.0 Å². The summed E-state index contributed by atoms with van der Waals surface area (Å²) in [4.78, 5) is 24.9. The molecule has 0 radical (unpaired) electrons. The van der Waals surface area contributed by atoms with Gasteiger partial charge < -0.3 is 26.2 Å². The number of carbonyl (C=O) groups excluding carboxylic acids is 1.